The first-order valence-corrected chi connectivity index (χ1v) is 8.18. The number of hydrogen-bond acceptors (Lipinski definition) is 3. The second-order valence-corrected chi connectivity index (χ2v) is 7.33. The first kappa shape index (κ1) is 15.1. The summed E-state index contributed by atoms with van der Waals surface area (Å²) in [4.78, 5) is 13.3. The maximum absolute atomic E-state index is 13.6. The number of halogens is 2. The van der Waals surface area contributed by atoms with E-state index in [0.717, 1.165) is 0 Å². The number of carbonyl (C=O) groups is 1. The molecule has 1 aliphatic rings. The Labute approximate surface area is 121 Å². The zero-order valence-electron chi connectivity index (χ0n) is 10.8. The minimum absolute atomic E-state index is 0.0652. The van der Waals surface area contributed by atoms with Gasteiger partial charge in [0, 0.05) is 13.1 Å². The third kappa shape index (κ3) is 3.21. The van der Waals surface area contributed by atoms with Gasteiger partial charge in [0.1, 0.15) is 5.82 Å². The van der Waals surface area contributed by atoms with Gasteiger partial charge >= 0.3 is 6.03 Å². The quantitative estimate of drug-likeness (QED) is 0.907. The summed E-state index contributed by atoms with van der Waals surface area (Å²) < 4.78 is 36.4. The summed E-state index contributed by atoms with van der Waals surface area (Å²) in [6.45, 7) is 0. The van der Waals surface area contributed by atoms with Gasteiger partial charge in [0.05, 0.1) is 22.2 Å². The summed E-state index contributed by atoms with van der Waals surface area (Å²) in [7, 11) is -1.60. The third-order valence-electron chi connectivity index (χ3n) is 3.27. The highest BCUT2D eigenvalue weighted by atomic mass is 35.5. The van der Waals surface area contributed by atoms with Gasteiger partial charge in [0.2, 0.25) is 0 Å². The van der Waals surface area contributed by atoms with Gasteiger partial charge < -0.3 is 10.2 Å². The summed E-state index contributed by atoms with van der Waals surface area (Å²) >= 11 is 5.81. The standard InChI is InChI=1S/C12H14ClFN2O3S/c1-16(8-5-6-20(18,19)7-8)12(17)15-11-9(13)3-2-4-10(11)14/h2-4,8H,5-7H2,1H3,(H,15,17). The average molecular weight is 321 g/mol. The first-order chi connectivity index (χ1) is 9.30. The van der Waals surface area contributed by atoms with Crippen LogP contribution in [-0.2, 0) is 9.84 Å². The van der Waals surface area contributed by atoms with Gasteiger partial charge in [-0.15, -0.1) is 0 Å². The zero-order valence-corrected chi connectivity index (χ0v) is 12.3. The Morgan fingerprint density at radius 2 is 2.20 bits per heavy atom. The topological polar surface area (TPSA) is 66.5 Å². The van der Waals surface area contributed by atoms with Crippen molar-refractivity contribution in [3.63, 3.8) is 0 Å². The molecule has 0 aromatic heterocycles. The third-order valence-corrected chi connectivity index (χ3v) is 5.34. The Bertz CT molecular complexity index is 615. The van der Waals surface area contributed by atoms with Crippen molar-refractivity contribution in [1.29, 1.82) is 0 Å². The largest absolute Gasteiger partial charge is 0.324 e. The molecular formula is C12H14ClFN2O3S. The molecule has 1 saturated heterocycles. The van der Waals surface area contributed by atoms with Crippen molar-refractivity contribution in [2.24, 2.45) is 0 Å². The van der Waals surface area contributed by atoms with Crippen LogP contribution < -0.4 is 5.32 Å². The normalized spacial score (nSPS) is 20.6. The van der Waals surface area contributed by atoms with Gasteiger partial charge in [-0.25, -0.2) is 17.6 Å². The first-order valence-electron chi connectivity index (χ1n) is 5.98. The van der Waals surface area contributed by atoms with Crippen LogP contribution >= 0.6 is 11.6 Å². The van der Waals surface area contributed by atoms with Gasteiger partial charge in [-0.05, 0) is 18.6 Å². The Hall–Kier alpha value is -1.34. The summed E-state index contributed by atoms with van der Waals surface area (Å²) in [5.74, 6) is -0.643. The van der Waals surface area contributed by atoms with E-state index < -0.39 is 27.7 Å². The minimum atomic E-state index is -3.08. The van der Waals surface area contributed by atoms with Crippen LogP contribution in [0.1, 0.15) is 6.42 Å². The number of urea groups is 1. The molecule has 1 unspecified atom stereocenters. The van der Waals surface area contributed by atoms with Crippen LogP contribution in [0.25, 0.3) is 0 Å². The number of amides is 2. The van der Waals surface area contributed by atoms with Crippen LogP contribution in [0.5, 0.6) is 0 Å². The minimum Gasteiger partial charge on any atom is -0.324 e. The van der Waals surface area contributed by atoms with E-state index >= 15 is 0 Å². The summed E-state index contributed by atoms with van der Waals surface area (Å²) in [6.07, 6.45) is 0.386. The van der Waals surface area contributed by atoms with Gasteiger partial charge in [0.25, 0.3) is 0 Å². The number of rotatable bonds is 2. The van der Waals surface area contributed by atoms with E-state index in [1.807, 2.05) is 0 Å². The van der Waals surface area contributed by atoms with E-state index in [2.05, 4.69) is 5.32 Å². The molecule has 1 aliphatic heterocycles. The van der Waals surface area contributed by atoms with Gasteiger partial charge in [-0.1, -0.05) is 17.7 Å². The molecular weight excluding hydrogens is 307 g/mol. The zero-order chi connectivity index (χ0) is 14.9. The van der Waals surface area contributed by atoms with Gasteiger partial charge in [0.15, 0.2) is 9.84 Å². The van der Waals surface area contributed by atoms with Gasteiger partial charge in [-0.2, -0.15) is 0 Å². The van der Waals surface area contributed by atoms with Crippen molar-refractivity contribution < 1.29 is 17.6 Å². The highest BCUT2D eigenvalue weighted by Crippen LogP contribution is 2.25. The molecule has 0 spiro atoms. The van der Waals surface area contributed by atoms with Crippen molar-refractivity contribution in [2.45, 2.75) is 12.5 Å². The SMILES string of the molecule is CN(C(=O)Nc1c(F)cccc1Cl)C1CCS(=O)(=O)C1. The predicted octanol–water partition coefficient (Wildman–Crippen LogP) is 2.13. The lowest BCUT2D eigenvalue weighted by atomic mass is 10.2. The molecule has 2 rings (SSSR count). The van der Waals surface area contributed by atoms with Crippen LogP contribution in [0.2, 0.25) is 5.02 Å². The highest BCUT2D eigenvalue weighted by molar-refractivity contribution is 7.91. The van der Waals surface area contributed by atoms with E-state index in [9.17, 15) is 17.6 Å². The second kappa shape index (κ2) is 5.57. The Balaban J connectivity index is 2.09. The average Bonchev–Trinajstić information content (AvgIpc) is 2.73. The number of carbonyl (C=O) groups excluding carboxylic acids is 1. The van der Waals surface area contributed by atoms with Crippen LogP contribution in [0.4, 0.5) is 14.9 Å². The fraction of sp³-hybridized carbons (Fsp3) is 0.417. The van der Waals surface area contributed by atoms with E-state index in [-0.39, 0.29) is 22.2 Å². The number of nitrogens with zero attached hydrogens (tertiary/aromatic N) is 1. The molecule has 0 saturated carbocycles. The molecule has 1 aromatic rings. The molecule has 5 nitrogen and oxygen atoms in total. The number of para-hydroxylation sites is 1. The molecule has 2 amide bonds. The number of anilines is 1. The summed E-state index contributed by atoms with van der Waals surface area (Å²) in [5.41, 5.74) is -0.105. The molecule has 8 heteroatoms. The molecule has 0 bridgehead atoms. The molecule has 20 heavy (non-hydrogen) atoms. The molecule has 0 aliphatic carbocycles. The molecule has 0 radical (unpaired) electrons. The van der Waals surface area contributed by atoms with E-state index in [4.69, 9.17) is 11.6 Å². The number of sulfone groups is 1. The predicted molar refractivity (Wildman–Crippen MR) is 75.3 cm³/mol. The molecule has 1 atom stereocenters. The van der Waals surface area contributed by atoms with Crippen LogP contribution in [0.15, 0.2) is 18.2 Å². The lowest BCUT2D eigenvalue weighted by Crippen LogP contribution is -2.40. The van der Waals surface area contributed by atoms with Crippen molar-refractivity contribution in [1.82, 2.24) is 4.90 Å². The number of nitrogens with one attached hydrogen (secondary N) is 1. The van der Waals surface area contributed by atoms with Crippen molar-refractivity contribution in [3.05, 3.63) is 29.0 Å². The Morgan fingerprint density at radius 1 is 1.50 bits per heavy atom. The molecule has 1 heterocycles. The highest BCUT2D eigenvalue weighted by Gasteiger charge is 2.33. The van der Waals surface area contributed by atoms with Crippen LogP contribution in [0, 0.1) is 5.82 Å². The van der Waals surface area contributed by atoms with Crippen molar-refractivity contribution >= 4 is 33.2 Å². The lowest BCUT2D eigenvalue weighted by Gasteiger charge is -2.24. The Kier molecular flexibility index (Phi) is 4.19. The maximum Gasteiger partial charge on any atom is 0.321 e. The Morgan fingerprint density at radius 3 is 2.75 bits per heavy atom. The maximum atomic E-state index is 13.6. The lowest BCUT2D eigenvalue weighted by molar-refractivity contribution is 0.209. The molecule has 1 aromatic carbocycles. The summed E-state index contributed by atoms with van der Waals surface area (Å²) in [5, 5.41) is 2.46. The van der Waals surface area contributed by atoms with E-state index in [0.29, 0.717) is 6.42 Å². The molecule has 110 valence electrons. The van der Waals surface area contributed by atoms with E-state index in [1.165, 1.54) is 30.1 Å². The summed E-state index contributed by atoms with van der Waals surface area (Å²) in [6, 6.07) is 3.09. The molecule has 1 fully saturated rings. The second-order valence-electron chi connectivity index (χ2n) is 4.69. The smallest absolute Gasteiger partial charge is 0.321 e. The fourth-order valence-electron chi connectivity index (χ4n) is 2.06. The van der Waals surface area contributed by atoms with Crippen LogP contribution in [0.3, 0.4) is 0 Å². The number of hydrogen-bond donors (Lipinski definition) is 1. The van der Waals surface area contributed by atoms with E-state index in [1.54, 1.807) is 0 Å². The van der Waals surface area contributed by atoms with Crippen molar-refractivity contribution in [3.8, 4) is 0 Å². The van der Waals surface area contributed by atoms with Crippen LogP contribution in [-0.4, -0.2) is 43.9 Å². The number of benzene rings is 1. The van der Waals surface area contributed by atoms with Gasteiger partial charge in [-0.3, -0.25) is 0 Å². The monoisotopic (exact) mass is 320 g/mol. The van der Waals surface area contributed by atoms with Crippen molar-refractivity contribution in [2.75, 3.05) is 23.9 Å². The molecule has 1 N–H and O–H groups in total. The fourth-order valence-corrected chi connectivity index (χ4v) is 4.04.